The number of amides is 1. The van der Waals surface area contributed by atoms with Gasteiger partial charge in [-0.3, -0.25) is 4.79 Å². The Balaban J connectivity index is 1.92. The van der Waals surface area contributed by atoms with Crippen molar-refractivity contribution in [3.63, 3.8) is 0 Å². The Morgan fingerprint density at radius 3 is 2.62 bits per heavy atom. The summed E-state index contributed by atoms with van der Waals surface area (Å²) < 4.78 is 0. The molecule has 0 aliphatic heterocycles. The minimum Gasteiger partial charge on any atom is -0.384 e. The van der Waals surface area contributed by atoms with Crippen LogP contribution in [-0.2, 0) is 17.8 Å². The van der Waals surface area contributed by atoms with Crippen molar-refractivity contribution in [1.82, 2.24) is 4.90 Å². The van der Waals surface area contributed by atoms with Crippen LogP contribution >= 0.6 is 11.3 Å². The summed E-state index contributed by atoms with van der Waals surface area (Å²) in [6.45, 7) is 0.443. The first-order valence-corrected chi connectivity index (χ1v) is 7.57. The van der Waals surface area contributed by atoms with Crippen molar-refractivity contribution in [2.75, 3.05) is 13.7 Å². The zero-order chi connectivity index (χ0) is 15.1. The molecule has 0 radical (unpaired) electrons. The lowest BCUT2D eigenvalue weighted by Gasteiger charge is -2.17. The molecule has 0 atom stereocenters. The normalized spacial score (nSPS) is 9.81. The summed E-state index contributed by atoms with van der Waals surface area (Å²) in [6, 6.07) is 9.68. The van der Waals surface area contributed by atoms with E-state index in [9.17, 15) is 4.79 Å². The quantitative estimate of drug-likeness (QED) is 0.880. The lowest BCUT2D eigenvalue weighted by atomic mass is 10.1. The Morgan fingerprint density at radius 1 is 1.24 bits per heavy atom. The van der Waals surface area contributed by atoms with Crippen LogP contribution in [0.4, 0.5) is 0 Å². The molecule has 108 valence electrons. The molecule has 21 heavy (non-hydrogen) atoms. The number of thiophene rings is 1. The molecule has 0 aliphatic carbocycles. The molecule has 0 spiro atoms. The van der Waals surface area contributed by atoms with Crippen molar-refractivity contribution >= 4 is 17.2 Å². The van der Waals surface area contributed by atoms with Crippen LogP contribution in [-0.4, -0.2) is 29.6 Å². The summed E-state index contributed by atoms with van der Waals surface area (Å²) in [5.41, 5.74) is 2.98. The summed E-state index contributed by atoms with van der Waals surface area (Å²) in [7, 11) is 1.81. The van der Waals surface area contributed by atoms with Gasteiger partial charge in [-0.1, -0.05) is 24.0 Å². The second-order valence-electron chi connectivity index (χ2n) is 4.71. The second kappa shape index (κ2) is 7.63. The lowest BCUT2D eigenvalue weighted by molar-refractivity contribution is -0.129. The van der Waals surface area contributed by atoms with E-state index in [2.05, 4.69) is 11.8 Å². The predicted molar refractivity (Wildman–Crippen MR) is 84.9 cm³/mol. The third-order valence-electron chi connectivity index (χ3n) is 3.05. The molecule has 4 heteroatoms. The fourth-order valence-corrected chi connectivity index (χ4v) is 2.57. The molecule has 1 N–H and O–H groups in total. The van der Waals surface area contributed by atoms with Crippen LogP contribution < -0.4 is 0 Å². The number of carbonyl (C=O) groups is 1. The Kier molecular flexibility index (Phi) is 5.56. The Labute approximate surface area is 128 Å². The van der Waals surface area contributed by atoms with Gasteiger partial charge in [-0.15, -0.1) is 0 Å². The smallest absolute Gasteiger partial charge is 0.227 e. The Morgan fingerprint density at radius 2 is 2.00 bits per heavy atom. The third-order valence-corrected chi connectivity index (χ3v) is 3.78. The van der Waals surface area contributed by atoms with Gasteiger partial charge in [0.05, 0.1) is 6.42 Å². The molecule has 0 bridgehead atoms. The molecule has 0 saturated heterocycles. The number of nitrogens with zero attached hydrogens (tertiary/aromatic N) is 1. The molecule has 1 amide bonds. The number of likely N-dealkylation sites (N-methyl/N-ethyl adjacent to an activating group) is 1. The van der Waals surface area contributed by atoms with Gasteiger partial charge in [-0.05, 0) is 40.1 Å². The summed E-state index contributed by atoms with van der Waals surface area (Å²) in [4.78, 5) is 13.8. The summed E-state index contributed by atoms with van der Waals surface area (Å²) >= 11 is 1.60. The highest BCUT2D eigenvalue weighted by molar-refractivity contribution is 7.07. The molecule has 1 aromatic carbocycles. The van der Waals surface area contributed by atoms with E-state index >= 15 is 0 Å². The number of carbonyl (C=O) groups excluding carboxylic acids is 1. The molecule has 2 rings (SSSR count). The van der Waals surface area contributed by atoms with Crippen molar-refractivity contribution in [3.05, 3.63) is 57.8 Å². The first kappa shape index (κ1) is 15.3. The standard InChI is InChI=1S/C17H17NO2S/c1-18(17(20)11-16-8-10-21-13-16)12-15-6-4-14(5-7-15)3-2-9-19/h4-8,10,13,19H,9,11-12H2,1H3. The molecule has 3 nitrogen and oxygen atoms in total. The monoisotopic (exact) mass is 299 g/mol. The number of hydrogen-bond donors (Lipinski definition) is 1. The minimum absolute atomic E-state index is 0.109. The maximum atomic E-state index is 12.1. The molecule has 0 saturated carbocycles. The lowest BCUT2D eigenvalue weighted by Crippen LogP contribution is -2.27. The average Bonchev–Trinajstić information content (AvgIpc) is 2.99. The first-order chi connectivity index (χ1) is 10.2. The molecular weight excluding hydrogens is 282 g/mol. The fraction of sp³-hybridized carbons (Fsp3) is 0.235. The SMILES string of the molecule is CN(Cc1ccc(C#CCO)cc1)C(=O)Cc1ccsc1. The van der Waals surface area contributed by atoms with Gasteiger partial charge in [0.1, 0.15) is 6.61 Å². The zero-order valence-corrected chi connectivity index (χ0v) is 12.7. The minimum atomic E-state index is -0.137. The van der Waals surface area contributed by atoms with Gasteiger partial charge in [0.25, 0.3) is 0 Å². The van der Waals surface area contributed by atoms with E-state index in [1.165, 1.54) is 0 Å². The van der Waals surface area contributed by atoms with Crippen molar-refractivity contribution in [3.8, 4) is 11.8 Å². The maximum Gasteiger partial charge on any atom is 0.227 e. The number of aliphatic hydroxyl groups is 1. The van der Waals surface area contributed by atoms with Crippen molar-refractivity contribution in [2.24, 2.45) is 0 Å². The van der Waals surface area contributed by atoms with Crippen LogP contribution in [0.2, 0.25) is 0 Å². The topological polar surface area (TPSA) is 40.5 Å². The van der Waals surface area contributed by atoms with Gasteiger partial charge >= 0.3 is 0 Å². The number of hydrogen-bond acceptors (Lipinski definition) is 3. The largest absolute Gasteiger partial charge is 0.384 e. The van der Waals surface area contributed by atoms with Crippen LogP contribution in [0.25, 0.3) is 0 Å². The van der Waals surface area contributed by atoms with Crippen molar-refractivity contribution in [1.29, 1.82) is 0 Å². The van der Waals surface area contributed by atoms with Gasteiger partial charge < -0.3 is 10.0 Å². The summed E-state index contributed by atoms with van der Waals surface area (Å²) in [6.07, 6.45) is 0.445. The van der Waals surface area contributed by atoms with Crippen LogP contribution in [0.1, 0.15) is 16.7 Å². The van der Waals surface area contributed by atoms with Crippen LogP contribution in [0, 0.1) is 11.8 Å². The average molecular weight is 299 g/mol. The van der Waals surface area contributed by atoms with Crippen molar-refractivity contribution < 1.29 is 9.90 Å². The molecule has 0 unspecified atom stereocenters. The van der Waals surface area contributed by atoms with Crippen LogP contribution in [0.5, 0.6) is 0 Å². The van der Waals surface area contributed by atoms with E-state index in [0.717, 1.165) is 16.7 Å². The van der Waals surface area contributed by atoms with Crippen LogP contribution in [0.3, 0.4) is 0 Å². The van der Waals surface area contributed by atoms with Gasteiger partial charge in [-0.25, -0.2) is 0 Å². The van der Waals surface area contributed by atoms with Gasteiger partial charge in [0.2, 0.25) is 5.91 Å². The number of aliphatic hydroxyl groups excluding tert-OH is 1. The Bertz CT molecular complexity index is 636. The highest BCUT2D eigenvalue weighted by Crippen LogP contribution is 2.10. The third kappa shape index (κ3) is 4.75. The van der Waals surface area contributed by atoms with E-state index in [1.807, 2.05) is 48.1 Å². The molecule has 2 aromatic rings. The van der Waals surface area contributed by atoms with E-state index in [4.69, 9.17) is 5.11 Å². The number of rotatable bonds is 4. The highest BCUT2D eigenvalue weighted by Gasteiger charge is 2.10. The molecule has 0 aliphatic rings. The van der Waals surface area contributed by atoms with E-state index < -0.39 is 0 Å². The predicted octanol–water partition coefficient (Wildman–Crippen LogP) is 2.29. The zero-order valence-electron chi connectivity index (χ0n) is 11.9. The maximum absolute atomic E-state index is 12.1. The van der Waals surface area contributed by atoms with Gasteiger partial charge in [0.15, 0.2) is 0 Å². The second-order valence-corrected chi connectivity index (χ2v) is 5.50. The van der Waals surface area contributed by atoms with Crippen LogP contribution in [0.15, 0.2) is 41.1 Å². The first-order valence-electron chi connectivity index (χ1n) is 6.63. The Hall–Kier alpha value is -2.09. The van der Waals surface area contributed by atoms with E-state index in [1.54, 1.807) is 16.2 Å². The van der Waals surface area contributed by atoms with E-state index in [-0.39, 0.29) is 12.5 Å². The highest BCUT2D eigenvalue weighted by atomic mass is 32.1. The fourth-order valence-electron chi connectivity index (χ4n) is 1.90. The summed E-state index contributed by atoms with van der Waals surface area (Å²) in [5, 5.41) is 12.6. The molecular formula is C17H17NO2S. The molecule has 1 heterocycles. The van der Waals surface area contributed by atoms with Gasteiger partial charge in [-0.2, -0.15) is 11.3 Å². The van der Waals surface area contributed by atoms with E-state index in [0.29, 0.717) is 13.0 Å². The molecule has 1 aromatic heterocycles. The van der Waals surface area contributed by atoms with Gasteiger partial charge in [0, 0.05) is 19.2 Å². The summed E-state index contributed by atoms with van der Waals surface area (Å²) in [5.74, 6) is 5.57. The van der Waals surface area contributed by atoms with Crippen molar-refractivity contribution in [2.45, 2.75) is 13.0 Å². The number of benzene rings is 1. The molecule has 0 fully saturated rings.